The van der Waals surface area contributed by atoms with Gasteiger partial charge in [0.2, 0.25) is 11.8 Å². The third-order valence-corrected chi connectivity index (χ3v) is 3.81. The Kier molecular flexibility index (Phi) is 4.38. The summed E-state index contributed by atoms with van der Waals surface area (Å²) in [5.74, 6) is 2.27. The molecular weight excluding hydrogens is 226 g/mol. The molecule has 0 amide bonds. The molecule has 1 aromatic rings. The summed E-state index contributed by atoms with van der Waals surface area (Å²) in [7, 11) is 0. The first-order valence-electron chi connectivity index (χ1n) is 7.20. The molecule has 2 rings (SSSR count). The molecule has 0 radical (unpaired) electrons. The van der Waals surface area contributed by atoms with Gasteiger partial charge in [-0.15, -0.1) is 10.2 Å². The molecule has 4 nitrogen and oxygen atoms in total. The summed E-state index contributed by atoms with van der Waals surface area (Å²) in [5.41, 5.74) is 0.158. The largest absolute Gasteiger partial charge is 0.423 e. The van der Waals surface area contributed by atoms with E-state index in [0.717, 1.165) is 24.7 Å². The average Bonchev–Trinajstić information content (AvgIpc) is 2.94. The van der Waals surface area contributed by atoms with E-state index in [0.29, 0.717) is 12.5 Å². The molecule has 4 heteroatoms. The van der Waals surface area contributed by atoms with Gasteiger partial charge in [0.15, 0.2) is 0 Å². The first kappa shape index (κ1) is 13.5. The van der Waals surface area contributed by atoms with Gasteiger partial charge in [-0.3, -0.25) is 0 Å². The molecule has 1 saturated carbocycles. The highest BCUT2D eigenvalue weighted by atomic mass is 16.4. The third-order valence-electron chi connectivity index (χ3n) is 3.81. The van der Waals surface area contributed by atoms with E-state index in [1.807, 2.05) is 0 Å². The summed E-state index contributed by atoms with van der Waals surface area (Å²) >= 11 is 0. The van der Waals surface area contributed by atoms with E-state index < -0.39 is 0 Å². The fourth-order valence-electron chi connectivity index (χ4n) is 3.11. The molecule has 0 spiro atoms. The van der Waals surface area contributed by atoms with Crippen LogP contribution in [0.4, 0.5) is 0 Å². The molecule has 1 heterocycles. The second-order valence-corrected chi connectivity index (χ2v) is 5.87. The Morgan fingerprint density at radius 1 is 1.28 bits per heavy atom. The van der Waals surface area contributed by atoms with Gasteiger partial charge in [-0.1, -0.05) is 33.6 Å². The van der Waals surface area contributed by atoms with Crippen molar-refractivity contribution in [3.05, 3.63) is 11.8 Å². The lowest BCUT2D eigenvalue weighted by molar-refractivity contribution is 0.266. The number of hydrogen-bond donors (Lipinski definition) is 1. The first-order chi connectivity index (χ1) is 8.66. The van der Waals surface area contributed by atoms with Crippen LogP contribution in [0.3, 0.4) is 0 Å². The van der Waals surface area contributed by atoms with Crippen molar-refractivity contribution in [3.63, 3.8) is 0 Å². The highest BCUT2D eigenvalue weighted by Crippen LogP contribution is 2.44. The van der Waals surface area contributed by atoms with E-state index in [4.69, 9.17) is 4.42 Å². The van der Waals surface area contributed by atoms with Gasteiger partial charge in [-0.05, 0) is 31.7 Å². The normalized spacial score (nSPS) is 18.7. The lowest BCUT2D eigenvalue weighted by Crippen LogP contribution is -2.24. The fraction of sp³-hybridized carbons (Fsp3) is 0.857. The molecule has 0 atom stereocenters. The van der Waals surface area contributed by atoms with Crippen LogP contribution in [0.5, 0.6) is 0 Å². The van der Waals surface area contributed by atoms with Crippen molar-refractivity contribution in [2.45, 2.75) is 64.8 Å². The number of aromatic nitrogens is 2. The Balaban J connectivity index is 2.13. The predicted octanol–water partition coefficient (Wildman–Crippen LogP) is 3.04. The zero-order chi connectivity index (χ0) is 13.0. The third kappa shape index (κ3) is 2.91. The molecule has 0 saturated heterocycles. The Labute approximate surface area is 110 Å². The van der Waals surface area contributed by atoms with Crippen LogP contribution in [0.25, 0.3) is 0 Å². The number of hydrogen-bond acceptors (Lipinski definition) is 4. The molecule has 0 aromatic carbocycles. The van der Waals surface area contributed by atoms with Crippen molar-refractivity contribution >= 4 is 0 Å². The van der Waals surface area contributed by atoms with Crippen LogP contribution in [-0.4, -0.2) is 16.7 Å². The topological polar surface area (TPSA) is 51.0 Å². The quantitative estimate of drug-likeness (QED) is 0.844. The lowest BCUT2D eigenvalue weighted by Gasteiger charge is -2.26. The van der Waals surface area contributed by atoms with E-state index in [1.54, 1.807) is 0 Å². The number of nitrogens with one attached hydrogen (secondary N) is 1. The molecule has 1 aliphatic rings. The van der Waals surface area contributed by atoms with Gasteiger partial charge < -0.3 is 9.73 Å². The number of rotatable bonds is 6. The molecule has 1 fully saturated rings. The van der Waals surface area contributed by atoms with Gasteiger partial charge in [0.1, 0.15) is 0 Å². The van der Waals surface area contributed by atoms with E-state index in [-0.39, 0.29) is 5.41 Å². The van der Waals surface area contributed by atoms with Crippen LogP contribution < -0.4 is 5.32 Å². The molecule has 1 aliphatic carbocycles. The van der Waals surface area contributed by atoms with Crippen LogP contribution in [0.15, 0.2) is 4.42 Å². The number of nitrogens with zero attached hydrogens (tertiary/aromatic N) is 2. The van der Waals surface area contributed by atoms with Gasteiger partial charge in [-0.2, -0.15) is 0 Å². The summed E-state index contributed by atoms with van der Waals surface area (Å²) in [6, 6.07) is 0. The van der Waals surface area contributed by atoms with Crippen LogP contribution in [0.2, 0.25) is 0 Å². The summed E-state index contributed by atoms with van der Waals surface area (Å²) in [6.07, 6.45) is 6.15. The van der Waals surface area contributed by atoms with Crippen molar-refractivity contribution < 1.29 is 4.42 Å². The monoisotopic (exact) mass is 251 g/mol. The summed E-state index contributed by atoms with van der Waals surface area (Å²) < 4.78 is 5.89. The maximum Gasteiger partial charge on any atom is 0.230 e. The summed E-state index contributed by atoms with van der Waals surface area (Å²) in [5, 5.41) is 11.7. The van der Waals surface area contributed by atoms with Gasteiger partial charge in [0, 0.05) is 5.41 Å². The average molecular weight is 251 g/mol. The molecule has 1 aromatic heterocycles. The van der Waals surface area contributed by atoms with E-state index in [9.17, 15) is 0 Å². The minimum absolute atomic E-state index is 0.158. The van der Waals surface area contributed by atoms with Gasteiger partial charge in [0.25, 0.3) is 0 Å². The summed E-state index contributed by atoms with van der Waals surface area (Å²) in [6.45, 7) is 8.23. The maximum atomic E-state index is 5.89. The second kappa shape index (κ2) is 5.83. The van der Waals surface area contributed by atoms with Crippen LogP contribution in [0, 0.1) is 5.92 Å². The SMILES string of the molecule is CCNCc1nnc(C2(CC(C)C)CCCC2)o1. The highest BCUT2D eigenvalue weighted by Gasteiger charge is 2.40. The van der Waals surface area contributed by atoms with Gasteiger partial charge >= 0.3 is 0 Å². The van der Waals surface area contributed by atoms with Crippen molar-refractivity contribution in [2.75, 3.05) is 6.54 Å². The molecular formula is C14H25N3O. The second-order valence-electron chi connectivity index (χ2n) is 5.87. The molecule has 0 unspecified atom stereocenters. The van der Waals surface area contributed by atoms with Crippen molar-refractivity contribution in [1.29, 1.82) is 0 Å². The fourth-order valence-corrected chi connectivity index (χ4v) is 3.11. The van der Waals surface area contributed by atoms with E-state index in [2.05, 4.69) is 36.3 Å². The van der Waals surface area contributed by atoms with Gasteiger partial charge in [-0.25, -0.2) is 0 Å². The molecule has 102 valence electrons. The Bertz CT molecular complexity index is 367. The maximum absolute atomic E-state index is 5.89. The van der Waals surface area contributed by atoms with Crippen LogP contribution in [-0.2, 0) is 12.0 Å². The minimum Gasteiger partial charge on any atom is -0.423 e. The molecule has 1 N–H and O–H groups in total. The Morgan fingerprint density at radius 3 is 2.61 bits per heavy atom. The highest BCUT2D eigenvalue weighted by molar-refractivity contribution is 5.07. The van der Waals surface area contributed by atoms with Crippen molar-refractivity contribution in [2.24, 2.45) is 5.92 Å². The Morgan fingerprint density at radius 2 is 2.00 bits per heavy atom. The van der Waals surface area contributed by atoms with Crippen LogP contribution in [0.1, 0.15) is 64.7 Å². The van der Waals surface area contributed by atoms with E-state index >= 15 is 0 Å². The van der Waals surface area contributed by atoms with Crippen LogP contribution >= 0.6 is 0 Å². The first-order valence-corrected chi connectivity index (χ1v) is 7.20. The van der Waals surface area contributed by atoms with E-state index in [1.165, 1.54) is 25.7 Å². The zero-order valence-corrected chi connectivity index (χ0v) is 11.8. The summed E-state index contributed by atoms with van der Waals surface area (Å²) in [4.78, 5) is 0. The molecule has 0 aliphatic heterocycles. The smallest absolute Gasteiger partial charge is 0.230 e. The Hall–Kier alpha value is -0.900. The lowest BCUT2D eigenvalue weighted by atomic mass is 9.78. The predicted molar refractivity (Wildman–Crippen MR) is 71.3 cm³/mol. The van der Waals surface area contributed by atoms with Crippen molar-refractivity contribution in [3.8, 4) is 0 Å². The van der Waals surface area contributed by atoms with Gasteiger partial charge in [0.05, 0.1) is 6.54 Å². The minimum atomic E-state index is 0.158. The molecule has 0 bridgehead atoms. The molecule has 18 heavy (non-hydrogen) atoms. The van der Waals surface area contributed by atoms with Crippen molar-refractivity contribution in [1.82, 2.24) is 15.5 Å². The zero-order valence-electron chi connectivity index (χ0n) is 11.8. The standard InChI is InChI=1S/C14H25N3O/c1-4-15-10-12-16-17-13(18-12)14(9-11(2)3)7-5-6-8-14/h11,15H,4-10H2,1-3H3.